The van der Waals surface area contributed by atoms with E-state index in [0.29, 0.717) is 12.0 Å². The number of hydrogen-bond donors (Lipinski definition) is 1. The summed E-state index contributed by atoms with van der Waals surface area (Å²) in [6.07, 6.45) is 4.75. The molecule has 1 aromatic rings. The Bertz CT molecular complexity index is 453. The minimum atomic E-state index is 0.144. The first-order valence-corrected chi connectivity index (χ1v) is 10.3. The highest BCUT2D eigenvalue weighted by Crippen LogP contribution is 2.45. The van der Waals surface area contributed by atoms with Gasteiger partial charge in [-0.3, -0.25) is 0 Å². The molecule has 2 fully saturated rings. The Balaban J connectivity index is 1.77. The summed E-state index contributed by atoms with van der Waals surface area (Å²) in [5.74, 6) is 3.13. The fourth-order valence-corrected chi connectivity index (χ4v) is 6.24. The largest absolute Gasteiger partial charge is 0.375 e. The molecule has 5 heteroatoms. The van der Waals surface area contributed by atoms with E-state index >= 15 is 0 Å². The lowest BCUT2D eigenvalue weighted by atomic mass is 9.78. The highest BCUT2D eigenvalue weighted by molar-refractivity contribution is 7.99. The maximum Gasteiger partial charge on any atom is 0.0701 e. The van der Waals surface area contributed by atoms with Crippen molar-refractivity contribution >= 4 is 34.7 Å². The molecule has 2 nitrogen and oxygen atoms in total. The van der Waals surface area contributed by atoms with Crippen molar-refractivity contribution in [2.45, 2.75) is 44.2 Å². The van der Waals surface area contributed by atoms with Gasteiger partial charge in [0.25, 0.3) is 0 Å². The zero-order chi connectivity index (χ0) is 14.7. The lowest BCUT2D eigenvalue weighted by Crippen LogP contribution is -2.45. The lowest BCUT2D eigenvalue weighted by molar-refractivity contribution is -0.107. The second kappa shape index (κ2) is 7.22. The van der Waals surface area contributed by atoms with Crippen LogP contribution < -0.4 is 5.32 Å². The molecule has 1 spiro atoms. The highest BCUT2D eigenvalue weighted by atomic mass is 35.5. The van der Waals surface area contributed by atoms with E-state index in [0.717, 1.165) is 24.6 Å². The van der Waals surface area contributed by atoms with E-state index in [1.165, 1.54) is 35.6 Å². The summed E-state index contributed by atoms with van der Waals surface area (Å²) in [5, 5.41) is 6.71. The van der Waals surface area contributed by atoms with Crippen molar-refractivity contribution < 1.29 is 4.74 Å². The molecule has 0 aromatic carbocycles. The first-order valence-electron chi connectivity index (χ1n) is 7.92. The summed E-state index contributed by atoms with van der Waals surface area (Å²) in [6.45, 7) is 4.07. The average Bonchev–Trinajstić information content (AvgIpc) is 2.91. The average molecular weight is 346 g/mol. The first-order chi connectivity index (χ1) is 10.2. The normalized spacial score (nSPS) is 26.9. The molecule has 2 unspecified atom stereocenters. The van der Waals surface area contributed by atoms with Gasteiger partial charge in [-0.05, 0) is 61.1 Å². The molecule has 0 saturated carbocycles. The number of hydrogen-bond acceptors (Lipinski definition) is 4. The van der Waals surface area contributed by atoms with Crippen LogP contribution in [0.4, 0.5) is 0 Å². The Morgan fingerprint density at radius 1 is 1.48 bits per heavy atom. The molecule has 3 rings (SSSR count). The number of nitrogens with one attached hydrogen (secondary N) is 1. The molecule has 21 heavy (non-hydrogen) atoms. The van der Waals surface area contributed by atoms with E-state index in [2.05, 4.69) is 29.4 Å². The van der Waals surface area contributed by atoms with Crippen LogP contribution in [0, 0.1) is 5.92 Å². The predicted octanol–water partition coefficient (Wildman–Crippen LogP) is 4.74. The van der Waals surface area contributed by atoms with Gasteiger partial charge in [0, 0.05) is 17.5 Å². The zero-order valence-corrected chi connectivity index (χ0v) is 15.0. The fourth-order valence-electron chi connectivity index (χ4n) is 3.66. The van der Waals surface area contributed by atoms with Crippen molar-refractivity contribution in [2.24, 2.45) is 5.92 Å². The third kappa shape index (κ3) is 3.61. The predicted molar refractivity (Wildman–Crippen MR) is 93.7 cm³/mol. The van der Waals surface area contributed by atoms with E-state index in [1.807, 2.05) is 6.07 Å². The molecule has 3 heterocycles. The van der Waals surface area contributed by atoms with Crippen molar-refractivity contribution in [3.05, 3.63) is 21.3 Å². The van der Waals surface area contributed by atoms with Crippen molar-refractivity contribution in [3.8, 4) is 0 Å². The van der Waals surface area contributed by atoms with Crippen molar-refractivity contribution in [1.29, 1.82) is 0 Å². The van der Waals surface area contributed by atoms with E-state index in [1.54, 1.807) is 11.3 Å². The Morgan fingerprint density at radius 2 is 2.29 bits per heavy atom. The molecule has 0 bridgehead atoms. The van der Waals surface area contributed by atoms with Gasteiger partial charge in [0.05, 0.1) is 10.6 Å². The van der Waals surface area contributed by atoms with Crippen LogP contribution >= 0.6 is 34.7 Å². The fraction of sp³-hybridized carbons (Fsp3) is 0.750. The summed E-state index contributed by atoms with van der Waals surface area (Å²) >= 11 is 10.3. The molecular weight excluding hydrogens is 322 g/mol. The number of thiophene rings is 1. The molecule has 0 aliphatic carbocycles. The van der Waals surface area contributed by atoms with Gasteiger partial charge in [-0.1, -0.05) is 18.5 Å². The van der Waals surface area contributed by atoms with Gasteiger partial charge in [0.1, 0.15) is 0 Å². The van der Waals surface area contributed by atoms with E-state index in [9.17, 15) is 0 Å². The smallest absolute Gasteiger partial charge is 0.0701 e. The number of ether oxygens (including phenoxy) is 1. The third-order valence-corrected chi connectivity index (χ3v) is 7.18. The second-order valence-electron chi connectivity index (χ2n) is 6.06. The number of rotatable bonds is 4. The van der Waals surface area contributed by atoms with Gasteiger partial charge in [-0.25, -0.2) is 0 Å². The minimum absolute atomic E-state index is 0.144. The minimum Gasteiger partial charge on any atom is -0.375 e. The molecule has 118 valence electrons. The van der Waals surface area contributed by atoms with Crippen LogP contribution in [0.3, 0.4) is 0 Å². The van der Waals surface area contributed by atoms with Gasteiger partial charge in [0.15, 0.2) is 0 Å². The van der Waals surface area contributed by atoms with E-state index < -0.39 is 0 Å². The van der Waals surface area contributed by atoms with Gasteiger partial charge < -0.3 is 10.1 Å². The van der Waals surface area contributed by atoms with Gasteiger partial charge in [-0.15, -0.1) is 11.3 Å². The number of halogens is 1. The summed E-state index contributed by atoms with van der Waals surface area (Å²) < 4.78 is 6.24. The molecule has 2 atom stereocenters. The van der Waals surface area contributed by atoms with Crippen LogP contribution in [0.2, 0.25) is 5.02 Å². The highest BCUT2D eigenvalue weighted by Gasteiger charge is 2.41. The Kier molecular flexibility index (Phi) is 5.55. The summed E-state index contributed by atoms with van der Waals surface area (Å²) in [5.41, 5.74) is 0.144. The lowest BCUT2D eigenvalue weighted by Gasteiger charge is -2.45. The number of thioether (sulfide) groups is 1. The van der Waals surface area contributed by atoms with Gasteiger partial charge >= 0.3 is 0 Å². The van der Waals surface area contributed by atoms with Crippen molar-refractivity contribution in [1.82, 2.24) is 5.32 Å². The maximum atomic E-state index is 6.40. The molecule has 2 aliphatic rings. The van der Waals surface area contributed by atoms with Crippen molar-refractivity contribution in [3.63, 3.8) is 0 Å². The molecule has 0 radical (unpaired) electrons. The monoisotopic (exact) mass is 345 g/mol. The molecule has 1 aromatic heterocycles. The van der Waals surface area contributed by atoms with Crippen LogP contribution in [0.5, 0.6) is 0 Å². The molecule has 0 amide bonds. The Hall–Kier alpha value is 0.260. The van der Waals surface area contributed by atoms with Crippen LogP contribution in [-0.2, 0) is 4.74 Å². The topological polar surface area (TPSA) is 21.3 Å². The zero-order valence-electron chi connectivity index (χ0n) is 12.6. The van der Waals surface area contributed by atoms with E-state index in [-0.39, 0.29) is 5.60 Å². The molecule has 1 N–H and O–H groups in total. The second-order valence-corrected chi connectivity index (χ2v) is 8.64. The third-order valence-electron chi connectivity index (χ3n) is 4.76. The summed E-state index contributed by atoms with van der Waals surface area (Å²) in [6, 6.07) is 2.41. The molecule has 2 aliphatic heterocycles. The van der Waals surface area contributed by atoms with Crippen LogP contribution in [0.15, 0.2) is 11.4 Å². The summed E-state index contributed by atoms with van der Waals surface area (Å²) in [4.78, 5) is 1.31. The van der Waals surface area contributed by atoms with Crippen molar-refractivity contribution in [2.75, 3.05) is 24.7 Å². The maximum absolute atomic E-state index is 6.40. The van der Waals surface area contributed by atoms with E-state index in [4.69, 9.17) is 16.3 Å². The molecule has 2 saturated heterocycles. The van der Waals surface area contributed by atoms with Gasteiger partial charge in [-0.2, -0.15) is 11.8 Å². The SMILES string of the molecule is CCNC(c1sccc1Cl)C1CCOC2(CCSCC2)C1. The van der Waals surface area contributed by atoms with Crippen LogP contribution in [-0.4, -0.2) is 30.3 Å². The summed E-state index contributed by atoms with van der Waals surface area (Å²) in [7, 11) is 0. The standard InChI is InChI=1S/C16H24ClNOS2/c1-2-18-14(15-13(17)4-8-21-15)12-3-7-19-16(11-12)5-9-20-10-6-16/h4,8,12,14,18H,2-3,5-7,9-11H2,1H3. The first kappa shape index (κ1) is 16.1. The quantitative estimate of drug-likeness (QED) is 0.851. The van der Waals surface area contributed by atoms with Crippen LogP contribution in [0.1, 0.15) is 43.5 Å². The van der Waals surface area contributed by atoms with Crippen LogP contribution in [0.25, 0.3) is 0 Å². The van der Waals surface area contributed by atoms with Gasteiger partial charge in [0.2, 0.25) is 0 Å². The Labute approximate surface area is 141 Å². The Morgan fingerprint density at radius 3 is 2.95 bits per heavy atom. The molecular formula is C16H24ClNOS2.